The molecule has 0 saturated heterocycles. The number of aromatic nitrogens is 4. The molecule has 7 nitrogen and oxygen atoms in total. The molecule has 33 heavy (non-hydrogen) atoms. The topological polar surface area (TPSA) is 78.5 Å². The van der Waals surface area contributed by atoms with E-state index in [0.717, 1.165) is 15.8 Å². The molecule has 0 unspecified atom stereocenters. The third-order valence-electron chi connectivity index (χ3n) is 5.13. The number of nitrogens with zero attached hydrogens (tertiary/aromatic N) is 4. The van der Waals surface area contributed by atoms with Crippen molar-refractivity contribution < 1.29 is 13.9 Å². The number of carbonyl (C=O) groups excluding carboxylic acids is 1. The number of benzene rings is 2. The van der Waals surface area contributed by atoms with Crippen molar-refractivity contribution in [3.63, 3.8) is 0 Å². The molecular weight excluding hydrogens is 423 g/mol. The zero-order valence-electron chi connectivity index (χ0n) is 17.3. The number of fused-ring (bicyclic) bond motifs is 1. The summed E-state index contributed by atoms with van der Waals surface area (Å²) in [6.07, 6.45) is 4.95. The quantitative estimate of drug-likeness (QED) is 0.369. The zero-order chi connectivity index (χ0) is 22.8. The van der Waals surface area contributed by atoms with Crippen molar-refractivity contribution in [3.8, 4) is 17.2 Å². The van der Waals surface area contributed by atoms with E-state index in [1.54, 1.807) is 35.0 Å². The second-order valence-electron chi connectivity index (χ2n) is 7.32. The molecule has 0 aliphatic carbocycles. The molecule has 0 radical (unpaired) electrons. The second kappa shape index (κ2) is 8.51. The maximum Gasteiger partial charge on any atom is 0.282 e. The summed E-state index contributed by atoms with van der Waals surface area (Å²) >= 11 is 0. The lowest BCUT2D eigenvalue weighted by Crippen LogP contribution is -2.27. The average molecular weight is 440 g/mol. The molecule has 162 valence electrons. The van der Waals surface area contributed by atoms with Crippen molar-refractivity contribution in [2.75, 3.05) is 0 Å². The Kier molecular flexibility index (Phi) is 5.24. The van der Waals surface area contributed by atoms with Gasteiger partial charge in [0.2, 0.25) is 0 Å². The molecule has 2 aromatic carbocycles. The van der Waals surface area contributed by atoms with Gasteiger partial charge in [0.25, 0.3) is 5.56 Å². The van der Waals surface area contributed by atoms with Crippen molar-refractivity contribution in [1.29, 1.82) is 0 Å². The van der Waals surface area contributed by atoms with Crippen LogP contribution in [0.4, 0.5) is 4.39 Å². The Morgan fingerprint density at radius 2 is 1.67 bits per heavy atom. The molecule has 0 aliphatic rings. The van der Waals surface area contributed by atoms with Crippen LogP contribution in [0, 0.1) is 5.82 Å². The molecule has 3 heterocycles. The molecule has 0 bridgehead atoms. The van der Waals surface area contributed by atoms with Gasteiger partial charge in [-0.1, -0.05) is 12.1 Å². The van der Waals surface area contributed by atoms with E-state index in [1.807, 2.05) is 24.4 Å². The van der Waals surface area contributed by atoms with Crippen molar-refractivity contribution in [1.82, 2.24) is 19.4 Å². The van der Waals surface area contributed by atoms with Gasteiger partial charge in [0.15, 0.2) is 11.5 Å². The number of ketones is 1. The van der Waals surface area contributed by atoms with Crippen LogP contribution in [0.2, 0.25) is 0 Å². The maximum atomic E-state index is 13.2. The Bertz CT molecular complexity index is 1510. The number of Topliss-reactive ketones (excluding diaryl/α,β-unsaturated/α-hetero) is 1. The lowest BCUT2D eigenvalue weighted by molar-refractivity contribution is 0.0991. The number of ether oxygens (including phenoxy) is 1. The van der Waals surface area contributed by atoms with E-state index in [4.69, 9.17) is 4.74 Å². The normalized spacial score (nSPS) is 10.9. The van der Waals surface area contributed by atoms with Crippen LogP contribution in [0.15, 0.2) is 96.2 Å². The minimum Gasteiger partial charge on any atom is -0.455 e. The number of halogens is 1. The van der Waals surface area contributed by atoms with Gasteiger partial charge < -0.3 is 4.74 Å². The minimum atomic E-state index is -0.553. The lowest BCUT2D eigenvalue weighted by Gasteiger charge is -2.09. The highest BCUT2D eigenvalue weighted by Gasteiger charge is 2.15. The van der Waals surface area contributed by atoms with Gasteiger partial charge in [-0.2, -0.15) is 14.9 Å². The molecule has 3 aromatic heterocycles. The van der Waals surface area contributed by atoms with Crippen LogP contribution in [-0.4, -0.2) is 25.2 Å². The summed E-state index contributed by atoms with van der Waals surface area (Å²) in [5.41, 5.74) is 1.42. The number of pyridine rings is 1. The van der Waals surface area contributed by atoms with E-state index in [1.165, 1.54) is 36.5 Å². The third-order valence-corrected chi connectivity index (χ3v) is 5.13. The number of carbonyl (C=O) groups is 1. The molecule has 0 N–H and O–H groups in total. The van der Waals surface area contributed by atoms with Gasteiger partial charge in [-0.25, -0.2) is 8.91 Å². The third kappa shape index (κ3) is 4.14. The molecular formula is C25H17FN4O3. The Morgan fingerprint density at radius 3 is 2.45 bits per heavy atom. The summed E-state index contributed by atoms with van der Waals surface area (Å²) in [7, 11) is 0. The Hall–Kier alpha value is -4.59. The van der Waals surface area contributed by atoms with Gasteiger partial charge >= 0.3 is 0 Å². The van der Waals surface area contributed by atoms with Crippen molar-refractivity contribution >= 4 is 11.3 Å². The molecule has 0 fully saturated rings. The van der Waals surface area contributed by atoms with Gasteiger partial charge in [0.1, 0.15) is 17.1 Å². The van der Waals surface area contributed by atoms with E-state index in [-0.39, 0.29) is 17.8 Å². The monoisotopic (exact) mass is 440 g/mol. The van der Waals surface area contributed by atoms with Crippen molar-refractivity contribution in [2.24, 2.45) is 0 Å². The van der Waals surface area contributed by atoms with Gasteiger partial charge in [0, 0.05) is 18.8 Å². The van der Waals surface area contributed by atoms with Crippen molar-refractivity contribution in [2.45, 2.75) is 6.42 Å². The first-order valence-electron chi connectivity index (χ1n) is 10.2. The molecule has 8 heteroatoms. The van der Waals surface area contributed by atoms with Crippen LogP contribution in [-0.2, 0) is 6.42 Å². The Balaban J connectivity index is 1.33. The van der Waals surface area contributed by atoms with E-state index in [9.17, 15) is 14.0 Å². The van der Waals surface area contributed by atoms with Gasteiger partial charge in [-0.15, -0.1) is 0 Å². The standard InChI is InChI=1S/C25H17FN4O3/c26-18-5-7-19(8-6-18)30-25(32)21(11-13-28-30)23(31)16-17-3-9-20(10-4-17)33-24-2-1-15-29-22(24)12-14-27-29/h1-15H,16H2. The molecule has 0 aliphatic heterocycles. The average Bonchev–Trinajstić information content (AvgIpc) is 3.31. The minimum absolute atomic E-state index is 0.0158. The first-order chi connectivity index (χ1) is 16.1. The molecule has 5 rings (SSSR count). The Morgan fingerprint density at radius 1 is 0.909 bits per heavy atom. The smallest absolute Gasteiger partial charge is 0.282 e. The summed E-state index contributed by atoms with van der Waals surface area (Å²) in [6.45, 7) is 0. The fourth-order valence-electron chi connectivity index (χ4n) is 3.49. The van der Waals surface area contributed by atoms with Crippen LogP contribution in [0.1, 0.15) is 15.9 Å². The highest BCUT2D eigenvalue weighted by Crippen LogP contribution is 2.26. The summed E-state index contributed by atoms with van der Waals surface area (Å²) in [5, 5.41) is 8.19. The van der Waals surface area contributed by atoms with Crippen LogP contribution in [0.5, 0.6) is 11.5 Å². The van der Waals surface area contributed by atoms with E-state index in [2.05, 4.69) is 10.2 Å². The first-order valence-corrected chi connectivity index (χ1v) is 10.2. The van der Waals surface area contributed by atoms with Gasteiger partial charge in [-0.05, 0) is 66.2 Å². The van der Waals surface area contributed by atoms with E-state index in [0.29, 0.717) is 17.2 Å². The lowest BCUT2D eigenvalue weighted by atomic mass is 10.0. The Labute approximate surface area is 187 Å². The van der Waals surface area contributed by atoms with E-state index >= 15 is 0 Å². The first kappa shape index (κ1) is 20.3. The predicted octanol–water partition coefficient (Wildman–Crippen LogP) is 4.24. The fourth-order valence-corrected chi connectivity index (χ4v) is 3.49. The van der Waals surface area contributed by atoms with Crippen LogP contribution < -0.4 is 10.3 Å². The summed E-state index contributed by atoms with van der Waals surface area (Å²) in [6, 6.07) is 19.4. The fraction of sp³-hybridized carbons (Fsp3) is 0.0400. The van der Waals surface area contributed by atoms with Crippen LogP contribution in [0.25, 0.3) is 11.2 Å². The highest BCUT2D eigenvalue weighted by molar-refractivity contribution is 5.97. The molecule has 5 aromatic rings. The summed E-state index contributed by atoms with van der Waals surface area (Å²) < 4.78 is 21.9. The molecule has 0 atom stereocenters. The van der Waals surface area contributed by atoms with E-state index < -0.39 is 11.4 Å². The number of rotatable bonds is 6. The summed E-state index contributed by atoms with van der Waals surface area (Å²) in [4.78, 5) is 25.6. The maximum absolute atomic E-state index is 13.2. The van der Waals surface area contributed by atoms with Gasteiger partial charge in [-0.3, -0.25) is 9.59 Å². The van der Waals surface area contributed by atoms with Crippen LogP contribution >= 0.6 is 0 Å². The number of hydrogen-bond acceptors (Lipinski definition) is 5. The molecule has 0 amide bonds. The van der Waals surface area contributed by atoms with Gasteiger partial charge in [0.05, 0.1) is 17.4 Å². The van der Waals surface area contributed by atoms with Crippen molar-refractivity contribution in [3.05, 3.63) is 119 Å². The zero-order valence-corrected chi connectivity index (χ0v) is 17.3. The molecule has 0 saturated carbocycles. The van der Waals surface area contributed by atoms with Crippen LogP contribution in [0.3, 0.4) is 0 Å². The predicted molar refractivity (Wildman–Crippen MR) is 120 cm³/mol. The second-order valence-corrected chi connectivity index (χ2v) is 7.32. The number of hydrogen-bond donors (Lipinski definition) is 0. The summed E-state index contributed by atoms with van der Waals surface area (Å²) in [5.74, 6) is 0.518. The molecule has 0 spiro atoms. The highest BCUT2D eigenvalue weighted by atomic mass is 19.1. The largest absolute Gasteiger partial charge is 0.455 e. The SMILES string of the molecule is O=C(Cc1ccc(Oc2cccn3nccc23)cc1)c1ccnn(-c2ccc(F)cc2)c1=O.